The van der Waals surface area contributed by atoms with E-state index in [0.29, 0.717) is 17.2 Å². The molecule has 1 aromatic heterocycles. The number of nitrogens with zero attached hydrogens (tertiary/aromatic N) is 4. The van der Waals surface area contributed by atoms with Crippen molar-refractivity contribution in [2.24, 2.45) is 13.0 Å². The van der Waals surface area contributed by atoms with Crippen LogP contribution < -0.4 is 10.2 Å². The van der Waals surface area contributed by atoms with Gasteiger partial charge in [-0.05, 0) is 30.7 Å². The zero-order chi connectivity index (χ0) is 16.6. The van der Waals surface area contributed by atoms with Gasteiger partial charge in [0, 0.05) is 25.7 Å². The van der Waals surface area contributed by atoms with E-state index in [1.807, 2.05) is 0 Å². The van der Waals surface area contributed by atoms with E-state index < -0.39 is 5.92 Å². The SMILES string of the molecule is Cc1cc(N2CC(C(=O)Nc3nncn3C)CC2=O)ccc1F. The zero-order valence-electron chi connectivity index (χ0n) is 12.8. The molecule has 1 N–H and O–H groups in total. The summed E-state index contributed by atoms with van der Waals surface area (Å²) < 4.78 is 14.9. The summed E-state index contributed by atoms with van der Waals surface area (Å²) >= 11 is 0. The fourth-order valence-corrected chi connectivity index (χ4v) is 2.54. The molecule has 8 heteroatoms. The number of hydrogen-bond donors (Lipinski definition) is 1. The summed E-state index contributed by atoms with van der Waals surface area (Å²) in [5, 5.41) is 10.1. The highest BCUT2D eigenvalue weighted by Gasteiger charge is 2.35. The first-order chi connectivity index (χ1) is 11.0. The topological polar surface area (TPSA) is 80.1 Å². The van der Waals surface area contributed by atoms with Crippen molar-refractivity contribution in [1.82, 2.24) is 14.8 Å². The van der Waals surface area contributed by atoms with Gasteiger partial charge in [-0.15, -0.1) is 10.2 Å². The Hall–Kier alpha value is -2.77. The van der Waals surface area contributed by atoms with E-state index >= 15 is 0 Å². The van der Waals surface area contributed by atoms with Crippen LogP contribution in [0.5, 0.6) is 0 Å². The molecule has 1 saturated heterocycles. The van der Waals surface area contributed by atoms with Crippen molar-refractivity contribution in [1.29, 1.82) is 0 Å². The molecule has 2 amide bonds. The van der Waals surface area contributed by atoms with Crippen LogP contribution in [0.25, 0.3) is 0 Å². The monoisotopic (exact) mass is 317 g/mol. The number of rotatable bonds is 3. The molecule has 7 nitrogen and oxygen atoms in total. The molecule has 23 heavy (non-hydrogen) atoms. The lowest BCUT2D eigenvalue weighted by Gasteiger charge is -2.17. The van der Waals surface area contributed by atoms with Crippen LogP contribution in [0, 0.1) is 18.7 Å². The molecule has 1 atom stereocenters. The lowest BCUT2D eigenvalue weighted by molar-refractivity contribution is -0.122. The summed E-state index contributed by atoms with van der Waals surface area (Å²) in [5.74, 6) is -0.912. The number of carbonyl (C=O) groups is 2. The van der Waals surface area contributed by atoms with Crippen molar-refractivity contribution in [3.63, 3.8) is 0 Å². The molecule has 0 spiro atoms. The van der Waals surface area contributed by atoms with E-state index in [1.54, 1.807) is 30.7 Å². The zero-order valence-corrected chi connectivity index (χ0v) is 12.8. The van der Waals surface area contributed by atoms with Crippen LogP contribution in [0.3, 0.4) is 0 Å². The van der Waals surface area contributed by atoms with Gasteiger partial charge in [0.1, 0.15) is 12.1 Å². The molecule has 1 aromatic carbocycles. The number of halogens is 1. The van der Waals surface area contributed by atoms with E-state index in [0.717, 1.165) is 0 Å². The summed E-state index contributed by atoms with van der Waals surface area (Å²) in [6.45, 7) is 1.89. The number of benzene rings is 1. The van der Waals surface area contributed by atoms with Gasteiger partial charge in [0.25, 0.3) is 0 Å². The van der Waals surface area contributed by atoms with Crippen molar-refractivity contribution >= 4 is 23.5 Å². The molecule has 1 fully saturated rings. The summed E-state index contributed by atoms with van der Waals surface area (Å²) in [5.41, 5.74) is 1.06. The van der Waals surface area contributed by atoms with Gasteiger partial charge < -0.3 is 9.47 Å². The average molecular weight is 317 g/mol. The highest BCUT2D eigenvalue weighted by atomic mass is 19.1. The van der Waals surface area contributed by atoms with Crippen LogP contribution in [0.2, 0.25) is 0 Å². The highest BCUT2D eigenvalue weighted by molar-refractivity contribution is 6.03. The van der Waals surface area contributed by atoms with Gasteiger partial charge in [0.05, 0.1) is 5.92 Å². The molecule has 0 saturated carbocycles. The molecule has 2 heterocycles. The lowest BCUT2D eigenvalue weighted by Crippen LogP contribution is -2.28. The van der Waals surface area contributed by atoms with E-state index in [4.69, 9.17) is 0 Å². The molecular formula is C15H16FN5O2. The third-order valence-electron chi connectivity index (χ3n) is 3.90. The number of amides is 2. The Morgan fingerprint density at radius 1 is 1.43 bits per heavy atom. The van der Waals surface area contributed by atoms with Crippen LogP contribution in [-0.2, 0) is 16.6 Å². The Kier molecular flexibility index (Phi) is 3.81. The Labute approximate surface area is 132 Å². The number of nitrogens with one attached hydrogen (secondary N) is 1. The van der Waals surface area contributed by atoms with Crippen molar-refractivity contribution in [3.8, 4) is 0 Å². The summed E-state index contributed by atoms with van der Waals surface area (Å²) in [7, 11) is 1.71. The predicted octanol–water partition coefficient (Wildman–Crippen LogP) is 1.25. The summed E-state index contributed by atoms with van der Waals surface area (Å²) in [6, 6.07) is 4.48. The maximum absolute atomic E-state index is 13.4. The molecule has 0 bridgehead atoms. The maximum atomic E-state index is 13.4. The van der Waals surface area contributed by atoms with E-state index in [2.05, 4.69) is 15.5 Å². The van der Waals surface area contributed by atoms with Crippen molar-refractivity contribution in [2.75, 3.05) is 16.8 Å². The number of hydrogen-bond acceptors (Lipinski definition) is 4. The number of aryl methyl sites for hydroxylation is 2. The van der Waals surface area contributed by atoms with Crippen LogP contribution in [-0.4, -0.2) is 33.1 Å². The Bertz CT molecular complexity index is 773. The second-order valence-corrected chi connectivity index (χ2v) is 5.59. The van der Waals surface area contributed by atoms with E-state index in [9.17, 15) is 14.0 Å². The van der Waals surface area contributed by atoms with Crippen LogP contribution >= 0.6 is 0 Å². The first-order valence-corrected chi connectivity index (χ1v) is 7.17. The predicted molar refractivity (Wildman–Crippen MR) is 81.2 cm³/mol. The lowest BCUT2D eigenvalue weighted by atomic mass is 10.1. The second kappa shape index (κ2) is 5.79. The van der Waals surface area contributed by atoms with Crippen molar-refractivity contribution < 1.29 is 14.0 Å². The molecule has 1 unspecified atom stereocenters. The van der Waals surface area contributed by atoms with Gasteiger partial charge in [-0.25, -0.2) is 4.39 Å². The minimum atomic E-state index is -0.482. The minimum Gasteiger partial charge on any atom is -0.312 e. The first-order valence-electron chi connectivity index (χ1n) is 7.17. The summed E-state index contributed by atoms with van der Waals surface area (Å²) in [6.07, 6.45) is 1.59. The first kappa shape index (κ1) is 15.1. The number of aromatic nitrogens is 3. The van der Waals surface area contributed by atoms with Crippen molar-refractivity contribution in [3.05, 3.63) is 35.9 Å². The van der Waals surface area contributed by atoms with Gasteiger partial charge in [-0.2, -0.15) is 0 Å². The van der Waals surface area contributed by atoms with Crippen LogP contribution in [0.1, 0.15) is 12.0 Å². The summed E-state index contributed by atoms with van der Waals surface area (Å²) in [4.78, 5) is 26.0. The maximum Gasteiger partial charge on any atom is 0.232 e. The average Bonchev–Trinajstić information content (AvgIpc) is 3.09. The number of carbonyl (C=O) groups excluding carboxylic acids is 2. The van der Waals surface area contributed by atoms with Crippen LogP contribution in [0.4, 0.5) is 16.0 Å². The van der Waals surface area contributed by atoms with E-state index in [1.165, 1.54) is 17.3 Å². The quantitative estimate of drug-likeness (QED) is 0.924. The van der Waals surface area contributed by atoms with E-state index in [-0.39, 0.29) is 30.6 Å². The standard InChI is InChI=1S/C15H16FN5O2/c1-9-5-11(3-4-12(9)16)21-7-10(6-13(21)22)14(23)18-15-19-17-8-20(15)2/h3-5,8,10H,6-7H2,1-2H3,(H,18,19,23). The minimum absolute atomic E-state index is 0.111. The van der Waals surface area contributed by atoms with Gasteiger partial charge in [-0.3, -0.25) is 14.9 Å². The Morgan fingerprint density at radius 2 is 2.22 bits per heavy atom. The smallest absolute Gasteiger partial charge is 0.232 e. The normalized spacial score (nSPS) is 17.6. The van der Waals surface area contributed by atoms with Crippen molar-refractivity contribution in [2.45, 2.75) is 13.3 Å². The fourth-order valence-electron chi connectivity index (χ4n) is 2.54. The Balaban J connectivity index is 1.73. The van der Waals surface area contributed by atoms with Gasteiger partial charge in [-0.1, -0.05) is 0 Å². The molecule has 2 aromatic rings. The van der Waals surface area contributed by atoms with Gasteiger partial charge >= 0.3 is 0 Å². The molecule has 0 radical (unpaired) electrons. The fraction of sp³-hybridized carbons (Fsp3) is 0.333. The third kappa shape index (κ3) is 2.92. The molecule has 0 aliphatic carbocycles. The molecule has 120 valence electrons. The highest BCUT2D eigenvalue weighted by Crippen LogP contribution is 2.27. The molecular weight excluding hydrogens is 301 g/mol. The molecule has 1 aliphatic heterocycles. The molecule has 3 rings (SSSR count). The largest absolute Gasteiger partial charge is 0.312 e. The van der Waals surface area contributed by atoms with Gasteiger partial charge in [0.15, 0.2) is 0 Å². The van der Waals surface area contributed by atoms with Gasteiger partial charge in [0.2, 0.25) is 17.8 Å². The third-order valence-corrected chi connectivity index (χ3v) is 3.90. The second-order valence-electron chi connectivity index (χ2n) is 5.59. The number of anilines is 2. The van der Waals surface area contributed by atoms with Crippen LogP contribution in [0.15, 0.2) is 24.5 Å². The molecule has 1 aliphatic rings. The Morgan fingerprint density at radius 3 is 2.87 bits per heavy atom.